The Bertz CT molecular complexity index is 235. The lowest BCUT2D eigenvalue weighted by Gasteiger charge is -2.29. The molecule has 1 fully saturated rings. The van der Waals surface area contributed by atoms with Crippen LogP contribution in [0.3, 0.4) is 0 Å². The summed E-state index contributed by atoms with van der Waals surface area (Å²) in [5.41, 5.74) is 0. The predicted molar refractivity (Wildman–Crippen MR) is 61.7 cm³/mol. The van der Waals surface area contributed by atoms with Crippen molar-refractivity contribution >= 4 is 23.2 Å². The fourth-order valence-corrected chi connectivity index (χ4v) is 1.59. The maximum absolute atomic E-state index is 11.1. The predicted octanol–water partition coefficient (Wildman–Crippen LogP) is -0.671. The van der Waals surface area contributed by atoms with Gasteiger partial charge in [0.2, 0.25) is 5.91 Å². The fourth-order valence-electron chi connectivity index (χ4n) is 1.34. The van der Waals surface area contributed by atoms with E-state index in [4.69, 9.17) is 17.0 Å². The lowest BCUT2D eigenvalue weighted by Crippen LogP contribution is -2.53. The van der Waals surface area contributed by atoms with Crippen LogP contribution in [0.15, 0.2) is 0 Å². The number of hydrogen-bond acceptors (Lipinski definition) is 3. The molecule has 0 aromatic carbocycles. The van der Waals surface area contributed by atoms with E-state index in [0.29, 0.717) is 18.2 Å². The van der Waals surface area contributed by atoms with Crippen LogP contribution in [0.25, 0.3) is 0 Å². The molecule has 15 heavy (non-hydrogen) atoms. The fraction of sp³-hybridized carbons (Fsp3) is 0.778. The smallest absolute Gasteiger partial charge is 0.239 e. The van der Waals surface area contributed by atoms with Gasteiger partial charge in [0.15, 0.2) is 5.11 Å². The second-order valence-electron chi connectivity index (χ2n) is 3.35. The van der Waals surface area contributed by atoms with Gasteiger partial charge in [-0.3, -0.25) is 4.79 Å². The molecule has 0 spiro atoms. The molecule has 0 bridgehead atoms. The summed E-state index contributed by atoms with van der Waals surface area (Å²) in [5, 5.41) is 6.51. The Morgan fingerprint density at radius 3 is 3.20 bits per heavy atom. The Labute approximate surface area is 95.1 Å². The minimum absolute atomic E-state index is 0.0299. The van der Waals surface area contributed by atoms with Crippen molar-refractivity contribution in [2.45, 2.75) is 6.42 Å². The number of piperazine rings is 1. The summed E-state index contributed by atoms with van der Waals surface area (Å²) in [4.78, 5) is 13.0. The van der Waals surface area contributed by atoms with Gasteiger partial charge in [0.25, 0.3) is 0 Å². The Kier molecular flexibility index (Phi) is 5.34. The van der Waals surface area contributed by atoms with E-state index >= 15 is 0 Å². The number of methoxy groups -OCH3 is 1. The average Bonchev–Trinajstić information content (AvgIpc) is 2.24. The number of thiocarbonyl (C=S) groups is 1. The van der Waals surface area contributed by atoms with Crippen molar-refractivity contribution in [1.82, 2.24) is 15.5 Å². The first-order chi connectivity index (χ1) is 7.24. The highest BCUT2D eigenvalue weighted by Gasteiger charge is 2.17. The van der Waals surface area contributed by atoms with Gasteiger partial charge < -0.3 is 20.3 Å². The van der Waals surface area contributed by atoms with Crippen molar-refractivity contribution in [3.8, 4) is 0 Å². The van der Waals surface area contributed by atoms with Gasteiger partial charge in [-0.1, -0.05) is 0 Å². The number of amides is 1. The van der Waals surface area contributed by atoms with E-state index in [1.165, 1.54) is 0 Å². The van der Waals surface area contributed by atoms with Gasteiger partial charge in [0.1, 0.15) is 0 Å². The molecule has 5 nitrogen and oxygen atoms in total. The molecule has 1 aliphatic rings. The third-order valence-electron chi connectivity index (χ3n) is 2.13. The van der Waals surface area contributed by atoms with Gasteiger partial charge >= 0.3 is 0 Å². The van der Waals surface area contributed by atoms with Crippen LogP contribution in [0.4, 0.5) is 0 Å². The highest BCUT2D eigenvalue weighted by Crippen LogP contribution is 1.94. The molecule has 0 unspecified atom stereocenters. The summed E-state index contributed by atoms with van der Waals surface area (Å²) in [6, 6.07) is 0. The Morgan fingerprint density at radius 1 is 1.73 bits per heavy atom. The third-order valence-corrected chi connectivity index (χ3v) is 2.53. The molecule has 1 saturated heterocycles. The number of nitrogens with zero attached hydrogens (tertiary/aromatic N) is 1. The number of carbonyl (C=O) groups excluding carboxylic acids is 1. The molecule has 1 aliphatic heterocycles. The normalized spacial score (nSPS) is 16.1. The van der Waals surface area contributed by atoms with E-state index < -0.39 is 0 Å². The van der Waals surface area contributed by atoms with Crippen LogP contribution in [-0.2, 0) is 9.53 Å². The minimum Gasteiger partial charge on any atom is -0.385 e. The second-order valence-corrected chi connectivity index (χ2v) is 3.74. The van der Waals surface area contributed by atoms with Crippen LogP contribution in [0.1, 0.15) is 6.42 Å². The summed E-state index contributed by atoms with van der Waals surface area (Å²) < 4.78 is 4.93. The van der Waals surface area contributed by atoms with Crippen LogP contribution in [0.5, 0.6) is 0 Å². The van der Waals surface area contributed by atoms with Crippen molar-refractivity contribution in [3.63, 3.8) is 0 Å². The van der Waals surface area contributed by atoms with Crippen molar-refractivity contribution in [2.24, 2.45) is 0 Å². The lowest BCUT2D eigenvalue weighted by atomic mass is 10.4. The molecule has 2 N–H and O–H groups in total. The molecule has 1 amide bonds. The van der Waals surface area contributed by atoms with E-state index in [9.17, 15) is 4.79 Å². The van der Waals surface area contributed by atoms with Crippen molar-refractivity contribution in [2.75, 3.05) is 39.9 Å². The number of ether oxygens (including phenoxy) is 1. The second kappa shape index (κ2) is 6.58. The molecule has 0 aliphatic carbocycles. The van der Waals surface area contributed by atoms with Crippen molar-refractivity contribution < 1.29 is 9.53 Å². The minimum atomic E-state index is 0.0299. The van der Waals surface area contributed by atoms with Gasteiger partial charge in [-0.25, -0.2) is 0 Å². The molecule has 0 atom stereocenters. The molecule has 1 rings (SSSR count). The van der Waals surface area contributed by atoms with E-state index in [2.05, 4.69) is 10.6 Å². The molecule has 0 aromatic rings. The number of nitrogens with one attached hydrogen (secondary N) is 2. The first-order valence-electron chi connectivity index (χ1n) is 5.02. The molecule has 0 aromatic heterocycles. The zero-order valence-corrected chi connectivity index (χ0v) is 9.73. The average molecular weight is 231 g/mol. The van der Waals surface area contributed by atoms with Crippen LogP contribution in [0.2, 0.25) is 0 Å². The topological polar surface area (TPSA) is 53.6 Å². The van der Waals surface area contributed by atoms with Crippen LogP contribution in [0, 0.1) is 0 Å². The van der Waals surface area contributed by atoms with Gasteiger partial charge in [-0.15, -0.1) is 0 Å². The molecular weight excluding hydrogens is 214 g/mol. The molecular formula is C9H17N3O2S. The molecule has 86 valence electrons. The number of rotatable bonds is 4. The van der Waals surface area contributed by atoms with E-state index in [0.717, 1.165) is 26.1 Å². The largest absolute Gasteiger partial charge is 0.385 e. The maximum atomic E-state index is 11.1. The molecule has 0 saturated carbocycles. The molecule has 1 heterocycles. The zero-order chi connectivity index (χ0) is 11.1. The lowest BCUT2D eigenvalue weighted by molar-refractivity contribution is -0.122. The number of hydrogen-bond donors (Lipinski definition) is 2. The van der Waals surface area contributed by atoms with E-state index in [-0.39, 0.29) is 5.91 Å². The van der Waals surface area contributed by atoms with Crippen LogP contribution < -0.4 is 10.6 Å². The Balaban J connectivity index is 2.18. The van der Waals surface area contributed by atoms with Crippen LogP contribution >= 0.6 is 12.2 Å². The summed E-state index contributed by atoms with van der Waals surface area (Å²) in [5.74, 6) is 0.0299. The maximum Gasteiger partial charge on any atom is 0.239 e. The molecule has 0 radical (unpaired) electrons. The summed E-state index contributed by atoms with van der Waals surface area (Å²) in [6.07, 6.45) is 0.913. The standard InChI is InChI=1S/C9H17N3O2S/c1-14-6-2-3-11-9(15)12-5-4-10-8(13)7-12/h2-7H2,1H3,(H,10,13)(H,11,15). The summed E-state index contributed by atoms with van der Waals surface area (Å²) in [7, 11) is 1.67. The summed E-state index contributed by atoms with van der Waals surface area (Å²) in [6.45, 7) is 3.30. The first-order valence-corrected chi connectivity index (χ1v) is 5.43. The first kappa shape index (κ1) is 12.2. The van der Waals surface area contributed by atoms with E-state index in [1.54, 1.807) is 7.11 Å². The van der Waals surface area contributed by atoms with E-state index in [1.807, 2.05) is 4.90 Å². The quantitative estimate of drug-likeness (QED) is 0.496. The third kappa shape index (κ3) is 4.44. The van der Waals surface area contributed by atoms with Gasteiger partial charge in [0.05, 0.1) is 6.54 Å². The van der Waals surface area contributed by atoms with Crippen LogP contribution in [-0.4, -0.2) is 55.8 Å². The molecule has 6 heteroatoms. The van der Waals surface area contributed by atoms with Gasteiger partial charge in [0, 0.05) is 33.4 Å². The Morgan fingerprint density at radius 2 is 2.53 bits per heavy atom. The highest BCUT2D eigenvalue weighted by molar-refractivity contribution is 7.80. The van der Waals surface area contributed by atoms with Gasteiger partial charge in [-0.05, 0) is 18.6 Å². The summed E-state index contributed by atoms with van der Waals surface area (Å²) >= 11 is 5.17. The van der Waals surface area contributed by atoms with Crippen molar-refractivity contribution in [1.29, 1.82) is 0 Å². The number of carbonyl (C=O) groups is 1. The zero-order valence-electron chi connectivity index (χ0n) is 8.91. The SMILES string of the molecule is COCCCNC(=S)N1CCNC(=O)C1. The van der Waals surface area contributed by atoms with Crippen molar-refractivity contribution in [3.05, 3.63) is 0 Å². The monoisotopic (exact) mass is 231 g/mol. The van der Waals surface area contributed by atoms with Gasteiger partial charge in [-0.2, -0.15) is 0 Å². The Hall–Kier alpha value is -0.880. The highest BCUT2D eigenvalue weighted by atomic mass is 32.1.